The minimum Gasteiger partial charge on any atom is -0.489 e. The van der Waals surface area contributed by atoms with E-state index in [1.807, 2.05) is 53.2 Å². The van der Waals surface area contributed by atoms with Gasteiger partial charge in [0.25, 0.3) is 0 Å². The van der Waals surface area contributed by atoms with Gasteiger partial charge in [0.15, 0.2) is 5.82 Å². The van der Waals surface area contributed by atoms with E-state index in [1.54, 1.807) is 0 Å². The van der Waals surface area contributed by atoms with Crippen molar-refractivity contribution in [2.75, 3.05) is 13.1 Å². The fourth-order valence-corrected chi connectivity index (χ4v) is 4.39. The predicted octanol–water partition coefficient (Wildman–Crippen LogP) is 5.47. The summed E-state index contributed by atoms with van der Waals surface area (Å²) in [6.07, 6.45) is 4.77. The van der Waals surface area contributed by atoms with Gasteiger partial charge >= 0.3 is 0 Å². The number of para-hydroxylation sites is 1. The summed E-state index contributed by atoms with van der Waals surface area (Å²) in [5.41, 5.74) is 4.33. The maximum absolute atomic E-state index is 6.36. The van der Waals surface area contributed by atoms with Crippen molar-refractivity contribution in [1.82, 2.24) is 25.1 Å². The van der Waals surface area contributed by atoms with Gasteiger partial charge in [0.05, 0.1) is 5.54 Å². The first-order chi connectivity index (χ1) is 16.4. The molecule has 0 bridgehead atoms. The highest BCUT2D eigenvalue weighted by atomic mass is 16.5. The number of aromatic nitrogens is 4. The third-order valence-electron chi connectivity index (χ3n) is 6.14. The van der Waals surface area contributed by atoms with E-state index < -0.39 is 0 Å². The first kappa shape index (κ1) is 23.6. The minimum atomic E-state index is -0.268. The van der Waals surface area contributed by atoms with Gasteiger partial charge in [-0.05, 0) is 60.4 Å². The molecule has 34 heavy (non-hydrogen) atoms. The van der Waals surface area contributed by atoms with Gasteiger partial charge < -0.3 is 4.74 Å². The van der Waals surface area contributed by atoms with Gasteiger partial charge in [-0.3, -0.25) is 4.90 Å². The highest BCUT2D eigenvalue weighted by molar-refractivity contribution is 5.41. The second kappa shape index (κ2) is 10.2. The Morgan fingerprint density at radius 3 is 2.41 bits per heavy atom. The molecule has 0 fully saturated rings. The molecule has 3 aromatic rings. The lowest BCUT2D eigenvalue weighted by molar-refractivity contribution is 0.205. The van der Waals surface area contributed by atoms with Gasteiger partial charge in [0.1, 0.15) is 18.4 Å². The van der Waals surface area contributed by atoms with Crippen LogP contribution in [0, 0.1) is 0 Å². The van der Waals surface area contributed by atoms with Crippen molar-refractivity contribution in [2.24, 2.45) is 0 Å². The average molecular weight is 456 g/mol. The lowest BCUT2D eigenvalue weighted by atomic mass is 9.95. The molecule has 0 aliphatic carbocycles. The van der Waals surface area contributed by atoms with Crippen LogP contribution in [0.4, 0.5) is 0 Å². The van der Waals surface area contributed by atoms with E-state index in [0.29, 0.717) is 6.61 Å². The zero-order valence-electron chi connectivity index (χ0n) is 20.3. The summed E-state index contributed by atoms with van der Waals surface area (Å²) in [4.78, 5) is 2.41. The monoisotopic (exact) mass is 455 g/mol. The molecule has 2 aromatic carbocycles. The molecule has 4 rings (SSSR count). The van der Waals surface area contributed by atoms with Crippen LogP contribution in [-0.4, -0.2) is 38.2 Å². The molecule has 0 radical (unpaired) electrons. The molecule has 1 atom stereocenters. The molecule has 1 aliphatic rings. The van der Waals surface area contributed by atoms with Gasteiger partial charge in [0, 0.05) is 18.7 Å². The Morgan fingerprint density at radius 1 is 1.00 bits per heavy atom. The summed E-state index contributed by atoms with van der Waals surface area (Å²) in [5.74, 6) is 1.63. The molecule has 0 N–H and O–H groups in total. The third kappa shape index (κ3) is 5.02. The fourth-order valence-electron chi connectivity index (χ4n) is 4.39. The number of benzene rings is 2. The molecule has 6 heteroatoms. The van der Waals surface area contributed by atoms with Crippen LogP contribution in [0.1, 0.15) is 50.2 Å². The zero-order valence-corrected chi connectivity index (χ0v) is 20.3. The summed E-state index contributed by atoms with van der Waals surface area (Å²) in [7, 11) is 0. The Balaban J connectivity index is 1.77. The van der Waals surface area contributed by atoms with Gasteiger partial charge in [-0.25, -0.2) is 4.68 Å². The largest absolute Gasteiger partial charge is 0.489 e. The maximum Gasteiger partial charge on any atom is 0.173 e. The van der Waals surface area contributed by atoms with Crippen LogP contribution >= 0.6 is 0 Å². The van der Waals surface area contributed by atoms with Crippen LogP contribution in [0.5, 0.6) is 5.75 Å². The minimum absolute atomic E-state index is 0.178. The summed E-state index contributed by atoms with van der Waals surface area (Å²) in [5, 5.41) is 13.0. The first-order valence-electron chi connectivity index (χ1n) is 11.7. The van der Waals surface area contributed by atoms with Crippen molar-refractivity contribution in [3.8, 4) is 5.75 Å². The third-order valence-corrected chi connectivity index (χ3v) is 6.14. The number of nitrogens with zero attached hydrogens (tertiary/aromatic N) is 5. The Hall–Kier alpha value is -3.51. The molecular weight excluding hydrogens is 422 g/mol. The molecular formula is C28H33N5O. The first-order valence-corrected chi connectivity index (χ1v) is 11.7. The van der Waals surface area contributed by atoms with Gasteiger partial charge in [-0.1, -0.05) is 73.8 Å². The Labute approximate surface area is 202 Å². The van der Waals surface area contributed by atoms with E-state index in [-0.39, 0.29) is 11.6 Å². The van der Waals surface area contributed by atoms with E-state index in [2.05, 4.69) is 72.6 Å². The van der Waals surface area contributed by atoms with Crippen LogP contribution in [0.25, 0.3) is 0 Å². The summed E-state index contributed by atoms with van der Waals surface area (Å²) >= 11 is 0. The van der Waals surface area contributed by atoms with E-state index in [4.69, 9.17) is 4.74 Å². The summed E-state index contributed by atoms with van der Waals surface area (Å²) < 4.78 is 8.28. The van der Waals surface area contributed by atoms with E-state index in [0.717, 1.165) is 42.2 Å². The van der Waals surface area contributed by atoms with Crippen LogP contribution in [0.15, 0.2) is 91.1 Å². The highest BCUT2D eigenvalue weighted by Crippen LogP contribution is 2.38. The second-order valence-electron chi connectivity index (χ2n) is 9.51. The smallest absolute Gasteiger partial charge is 0.173 e. The van der Waals surface area contributed by atoms with Gasteiger partial charge in [-0.15, -0.1) is 5.10 Å². The number of hydrogen-bond donors (Lipinski definition) is 0. The van der Waals surface area contributed by atoms with Crippen LogP contribution in [-0.2, 0) is 12.1 Å². The van der Waals surface area contributed by atoms with Crippen LogP contribution < -0.4 is 4.74 Å². The number of ether oxygens (including phenoxy) is 1. The van der Waals surface area contributed by atoms with Crippen LogP contribution in [0.3, 0.4) is 0 Å². The Kier molecular flexibility index (Phi) is 7.08. The molecule has 1 unspecified atom stereocenters. The lowest BCUT2D eigenvalue weighted by Crippen LogP contribution is -2.39. The summed E-state index contributed by atoms with van der Waals surface area (Å²) in [6, 6.07) is 18.2. The Morgan fingerprint density at radius 2 is 1.71 bits per heavy atom. The van der Waals surface area contributed by atoms with Gasteiger partial charge in [0.2, 0.25) is 0 Å². The maximum atomic E-state index is 6.36. The molecule has 0 saturated heterocycles. The SMILES string of the molecule is C=CC1=C(C=C)CN(C(c2ccccc2OCc2ccccc2)c2nnnn2C(C)(C)C)CC1. The molecule has 1 aliphatic heterocycles. The molecule has 0 saturated carbocycles. The van der Waals surface area contributed by atoms with Crippen molar-refractivity contribution >= 4 is 0 Å². The molecule has 6 nitrogen and oxygen atoms in total. The lowest BCUT2D eigenvalue weighted by Gasteiger charge is -2.37. The van der Waals surface area contributed by atoms with Crippen molar-refractivity contribution in [3.63, 3.8) is 0 Å². The molecule has 176 valence electrons. The number of tetrazole rings is 1. The van der Waals surface area contributed by atoms with Gasteiger partial charge in [-0.2, -0.15) is 0 Å². The zero-order chi connectivity index (χ0) is 24.1. The highest BCUT2D eigenvalue weighted by Gasteiger charge is 2.34. The van der Waals surface area contributed by atoms with E-state index in [1.165, 1.54) is 11.1 Å². The van der Waals surface area contributed by atoms with Crippen molar-refractivity contribution in [3.05, 3.63) is 108 Å². The number of rotatable bonds is 8. The predicted molar refractivity (Wildman–Crippen MR) is 135 cm³/mol. The van der Waals surface area contributed by atoms with Crippen molar-refractivity contribution in [2.45, 2.75) is 45.4 Å². The quantitative estimate of drug-likeness (QED) is 0.451. The van der Waals surface area contributed by atoms with E-state index >= 15 is 0 Å². The Bertz CT molecular complexity index is 1170. The average Bonchev–Trinajstić information content (AvgIpc) is 3.34. The molecule has 2 heterocycles. The molecule has 0 amide bonds. The molecule has 0 spiro atoms. The number of allylic oxidation sites excluding steroid dienone is 1. The normalized spacial score (nSPS) is 15.7. The standard InChI is InChI=1S/C28H33N5O/c1-6-22-17-18-32(19-23(22)7-2)26(27-29-30-31-33(27)28(3,4)5)24-15-11-12-16-25(24)34-20-21-13-9-8-10-14-21/h6-16,26H,1-2,17-20H2,3-5H3. The van der Waals surface area contributed by atoms with E-state index in [9.17, 15) is 0 Å². The molecule has 1 aromatic heterocycles. The van der Waals surface area contributed by atoms with Crippen LogP contribution in [0.2, 0.25) is 0 Å². The number of hydrogen-bond acceptors (Lipinski definition) is 5. The topological polar surface area (TPSA) is 56.1 Å². The van der Waals surface area contributed by atoms with Crippen molar-refractivity contribution in [1.29, 1.82) is 0 Å². The second-order valence-corrected chi connectivity index (χ2v) is 9.51. The fraction of sp³-hybridized carbons (Fsp3) is 0.321. The summed E-state index contributed by atoms with van der Waals surface area (Å²) in [6.45, 7) is 16.5. The van der Waals surface area contributed by atoms with Crippen molar-refractivity contribution < 1.29 is 4.74 Å².